The van der Waals surface area contributed by atoms with Crippen molar-refractivity contribution in [3.8, 4) is 0 Å². The van der Waals surface area contributed by atoms with Crippen molar-refractivity contribution < 1.29 is 38.2 Å². The van der Waals surface area contributed by atoms with Crippen molar-refractivity contribution in [3.05, 3.63) is 0 Å². The molecule has 74 valence electrons. The molecule has 0 heterocycles. The van der Waals surface area contributed by atoms with Gasteiger partial charge >= 0.3 is 75.3 Å². The van der Waals surface area contributed by atoms with Crippen molar-refractivity contribution in [3.63, 3.8) is 0 Å². The van der Waals surface area contributed by atoms with Gasteiger partial charge in [0.05, 0.1) is 0 Å². The Kier molecular flexibility index (Phi) is 3.95. The van der Waals surface area contributed by atoms with Crippen LogP contribution < -0.4 is 18.4 Å². The normalized spacial score (nSPS) is 15.2. The van der Waals surface area contributed by atoms with Crippen LogP contribution in [-0.2, 0) is 9.59 Å². The number of hydrogen-bond donors (Lipinski definition) is 2. The quantitative estimate of drug-likeness (QED) is 0.426. The van der Waals surface area contributed by atoms with E-state index in [1.54, 1.807) is 0 Å². The van der Waals surface area contributed by atoms with Crippen LogP contribution in [-0.4, -0.2) is 40.9 Å². The average Bonchev–Trinajstić information content (AvgIpc) is 1.79. The van der Waals surface area contributed by atoms with Gasteiger partial charge in [-0.25, -0.2) is 0 Å². The van der Waals surface area contributed by atoms with Crippen LogP contribution in [0.3, 0.4) is 0 Å². The first kappa shape index (κ1) is 11.7. The van der Waals surface area contributed by atoms with Crippen LogP contribution >= 0.6 is 0 Å². The van der Waals surface area contributed by atoms with Gasteiger partial charge < -0.3 is 0 Å². The molecular weight excluding hydrogens is 275 g/mol. The van der Waals surface area contributed by atoms with Gasteiger partial charge in [0.2, 0.25) is 0 Å². The summed E-state index contributed by atoms with van der Waals surface area (Å²) in [4.78, 5) is 26.7. The molecule has 1 atom stereocenters. The molecule has 2 N–H and O–H groups in total. The van der Waals surface area contributed by atoms with E-state index in [1.165, 1.54) is 0 Å². The van der Waals surface area contributed by atoms with Crippen LogP contribution in [0, 0.1) is 0 Å². The van der Waals surface area contributed by atoms with Gasteiger partial charge in [-0.3, -0.25) is 0 Å². The zero-order chi connectivity index (χ0) is 9.94. The Morgan fingerprint density at radius 2 is 1.67 bits per heavy atom. The molecule has 0 fully saturated rings. The summed E-state index contributed by atoms with van der Waals surface area (Å²) in [5.74, 6) is -2.00. The third-order valence-electron chi connectivity index (χ3n) is 1.41. The Bertz CT molecular complexity index is 194. The molecule has 0 rings (SSSR count). The van der Waals surface area contributed by atoms with E-state index in [4.69, 9.17) is 10.2 Å². The first-order valence-electron chi connectivity index (χ1n) is 3.26. The van der Waals surface area contributed by atoms with Crippen LogP contribution in [0.25, 0.3) is 0 Å². The monoisotopic (exact) mass is 289 g/mol. The third kappa shape index (κ3) is 3.89. The van der Waals surface area contributed by atoms with E-state index >= 15 is 0 Å². The third-order valence-corrected chi connectivity index (χ3v) is 6.90. The Balaban J connectivity index is 4.46. The minimum absolute atomic E-state index is 0.241. The van der Waals surface area contributed by atoms with Crippen molar-refractivity contribution in [1.29, 1.82) is 0 Å². The summed E-state index contributed by atoms with van der Waals surface area (Å²) in [5, 5.41) is 17.2. The van der Waals surface area contributed by atoms with E-state index in [-0.39, 0.29) is 6.42 Å². The summed E-state index contributed by atoms with van der Waals surface area (Å²) in [5.41, 5.74) is 0. The molecule has 0 saturated carbocycles. The molecule has 0 amide bonds. The number of carboxylic acids is 2. The minimum atomic E-state index is -2.30. The fourth-order valence-corrected chi connectivity index (χ4v) is 4.05. The summed E-state index contributed by atoms with van der Waals surface area (Å²) in [6.45, 7) is 0. The molecule has 0 aromatic carbocycles. The summed E-state index contributed by atoms with van der Waals surface area (Å²) in [6, 6.07) is 0. The molecule has 0 aliphatic carbocycles. The van der Waals surface area contributed by atoms with Crippen LogP contribution in [0.4, 0.5) is 0 Å². The first-order chi connectivity index (χ1) is 5.25. The summed E-state index contributed by atoms with van der Waals surface area (Å²) in [7, 11) is 0. The summed E-state index contributed by atoms with van der Waals surface area (Å²) < 4.78 is -0.644. The second kappa shape index (κ2) is 4.06. The number of alkyl halides is 4. The molecule has 0 aliphatic rings. The van der Waals surface area contributed by atoms with Crippen LogP contribution in [0.5, 0.6) is 0 Å². The summed E-state index contributed by atoms with van der Waals surface area (Å²) >= 11 is -2.30. The zero-order valence-corrected chi connectivity index (χ0v) is 9.53. The second-order valence-electron chi connectivity index (χ2n) is 3.19. The molecule has 0 unspecified atom stereocenters. The van der Waals surface area contributed by atoms with E-state index < -0.39 is 34.3 Å². The Labute approximate surface area is 75.5 Å². The van der Waals surface area contributed by atoms with Gasteiger partial charge in [-0.05, 0) is 0 Å². The molecular formula is C7H14IO4-. The molecule has 0 saturated heterocycles. The Morgan fingerprint density at radius 3 is 1.75 bits per heavy atom. The van der Waals surface area contributed by atoms with E-state index in [1.807, 2.05) is 14.8 Å². The van der Waals surface area contributed by atoms with Gasteiger partial charge in [-0.15, -0.1) is 0 Å². The van der Waals surface area contributed by atoms with Crippen LogP contribution in [0.15, 0.2) is 0 Å². The first-order valence-corrected chi connectivity index (χ1v) is 11.0. The predicted molar refractivity (Wildman–Crippen MR) is 41.4 cm³/mol. The molecule has 0 aromatic heterocycles. The van der Waals surface area contributed by atoms with Crippen molar-refractivity contribution in [2.45, 2.75) is 10.3 Å². The molecule has 5 heteroatoms. The van der Waals surface area contributed by atoms with E-state index in [0.717, 1.165) is 0 Å². The number of aliphatic carboxylic acids is 2. The molecule has 4 nitrogen and oxygen atoms in total. The SMILES string of the molecule is C[I-](C)(C)[C@H](CC(=O)O)C(=O)O. The second-order valence-corrected chi connectivity index (χ2v) is 14.9. The Morgan fingerprint density at radius 1 is 1.25 bits per heavy atom. The van der Waals surface area contributed by atoms with Crippen molar-refractivity contribution in [2.75, 3.05) is 14.8 Å². The number of rotatable bonds is 4. The van der Waals surface area contributed by atoms with Crippen LogP contribution in [0.2, 0.25) is 0 Å². The van der Waals surface area contributed by atoms with Gasteiger partial charge in [0, 0.05) is 0 Å². The van der Waals surface area contributed by atoms with Gasteiger partial charge in [0.15, 0.2) is 0 Å². The van der Waals surface area contributed by atoms with Crippen molar-refractivity contribution >= 4 is 11.9 Å². The van der Waals surface area contributed by atoms with E-state index in [2.05, 4.69) is 0 Å². The number of halogens is 1. The number of carbonyl (C=O) groups is 2. The van der Waals surface area contributed by atoms with Crippen LogP contribution in [0.1, 0.15) is 6.42 Å². The van der Waals surface area contributed by atoms with Gasteiger partial charge in [0.1, 0.15) is 0 Å². The molecule has 0 aliphatic heterocycles. The van der Waals surface area contributed by atoms with Crippen molar-refractivity contribution in [2.24, 2.45) is 0 Å². The Hall–Kier alpha value is -0.330. The maximum atomic E-state index is 10.7. The molecule has 0 bridgehead atoms. The summed E-state index contributed by atoms with van der Waals surface area (Å²) in [6.07, 6.45) is -0.241. The number of hydrogen-bond acceptors (Lipinski definition) is 2. The van der Waals surface area contributed by atoms with E-state index in [9.17, 15) is 9.59 Å². The number of carboxylic acid groups (broad SMARTS) is 2. The predicted octanol–water partition coefficient (Wildman–Crippen LogP) is -3.04. The fraction of sp³-hybridized carbons (Fsp3) is 0.714. The molecule has 0 radical (unpaired) electrons. The van der Waals surface area contributed by atoms with E-state index in [0.29, 0.717) is 0 Å². The van der Waals surface area contributed by atoms with Gasteiger partial charge in [0.25, 0.3) is 0 Å². The van der Waals surface area contributed by atoms with Gasteiger partial charge in [-0.1, -0.05) is 0 Å². The fourth-order valence-electron chi connectivity index (χ4n) is 0.752. The average molecular weight is 289 g/mol. The molecule has 0 spiro atoms. The zero-order valence-electron chi connectivity index (χ0n) is 7.37. The van der Waals surface area contributed by atoms with Gasteiger partial charge in [-0.2, -0.15) is 0 Å². The molecule has 0 aromatic rings. The topological polar surface area (TPSA) is 74.6 Å². The maximum absolute atomic E-state index is 10.7. The van der Waals surface area contributed by atoms with Crippen molar-refractivity contribution in [1.82, 2.24) is 0 Å². The standard InChI is InChI=1S/C7H14IO4/c1-8(2,3)5(7(11)12)4-6(9)10/h5H,4H2,1-3H3,(H,9,10)(H,11,12)/q-1/t5-/m1/s1. The molecule has 12 heavy (non-hydrogen) atoms.